The number of carbonyl (C=O) groups is 2. The Kier molecular flexibility index (Phi) is 10.9. The van der Waals surface area contributed by atoms with E-state index in [0.29, 0.717) is 54.0 Å². The zero-order valence-corrected chi connectivity index (χ0v) is 28.0. The SMILES string of the molecule is CC(C)(C)OC(=O)N1CCC(NCc2ccc(-c3cnc(N)c(NCc4c(Cl)cccc4Cl)n3)cc2)CC1C(=O)OC1CCCC1. The van der Waals surface area contributed by atoms with Crippen LogP contribution in [-0.2, 0) is 27.4 Å². The maximum Gasteiger partial charge on any atom is 0.411 e. The van der Waals surface area contributed by atoms with Crippen molar-refractivity contribution in [3.8, 4) is 11.3 Å². The second-order valence-corrected chi connectivity index (χ2v) is 13.7. The molecule has 5 rings (SSSR count). The molecule has 10 nitrogen and oxygen atoms in total. The first-order valence-electron chi connectivity index (χ1n) is 15.8. The second kappa shape index (κ2) is 14.9. The highest BCUT2D eigenvalue weighted by molar-refractivity contribution is 6.36. The highest BCUT2D eigenvalue weighted by Gasteiger charge is 2.40. The number of nitrogen functional groups attached to an aromatic ring is 1. The molecule has 0 radical (unpaired) electrons. The molecular weight excluding hydrogens is 627 g/mol. The Labute approximate surface area is 280 Å². The lowest BCUT2D eigenvalue weighted by Crippen LogP contribution is -2.55. The summed E-state index contributed by atoms with van der Waals surface area (Å²) in [4.78, 5) is 36.8. The normalized spacial score (nSPS) is 18.8. The Bertz CT molecular complexity index is 1500. The number of aromatic nitrogens is 2. The van der Waals surface area contributed by atoms with Gasteiger partial charge in [-0.15, -0.1) is 0 Å². The number of piperidine rings is 1. The molecule has 2 aromatic carbocycles. The molecular formula is C34H42Cl2N6O4. The van der Waals surface area contributed by atoms with Gasteiger partial charge < -0.3 is 25.8 Å². The summed E-state index contributed by atoms with van der Waals surface area (Å²) in [5, 5.41) is 7.89. The molecule has 1 aromatic heterocycles. The summed E-state index contributed by atoms with van der Waals surface area (Å²) in [6, 6.07) is 12.7. The number of likely N-dealkylation sites (tertiary alicyclic amines) is 1. The Hall–Kier alpha value is -3.60. The number of nitrogens with zero attached hydrogens (tertiary/aromatic N) is 3. The third-order valence-corrected chi connectivity index (χ3v) is 8.94. The lowest BCUT2D eigenvalue weighted by atomic mass is 9.97. The summed E-state index contributed by atoms with van der Waals surface area (Å²) >= 11 is 12.6. The molecule has 1 aliphatic carbocycles. The molecule has 2 heterocycles. The molecule has 246 valence electrons. The van der Waals surface area contributed by atoms with E-state index in [1.807, 2.05) is 45.0 Å². The van der Waals surface area contributed by atoms with E-state index < -0.39 is 17.7 Å². The molecule has 1 aliphatic heterocycles. The Morgan fingerprint density at radius 2 is 1.72 bits per heavy atom. The summed E-state index contributed by atoms with van der Waals surface area (Å²) in [5.41, 5.74) is 8.81. The molecule has 4 N–H and O–H groups in total. The van der Waals surface area contributed by atoms with Crippen molar-refractivity contribution < 1.29 is 19.1 Å². The number of benzene rings is 2. The van der Waals surface area contributed by atoms with Crippen LogP contribution >= 0.6 is 23.2 Å². The monoisotopic (exact) mass is 668 g/mol. The molecule has 1 amide bonds. The number of halogens is 2. The van der Waals surface area contributed by atoms with E-state index in [9.17, 15) is 9.59 Å². The zero-order valence-electron chi connectivity index (χ0n) is 26.5. The van der Waals surface area contributed by atoms with Gasteiger partial charge in [0.1, 0.15) is 17.7 Å². The number of hydrogen-bond donors (Lipinski definition) is 3. The molecule has 0 bridgehead atoms. The largest absolute Gasteiger partial charge is 0.461 e. The molecule has 2 unspecified atom stereocenters. The van der Waals surface area contributed by atoms with Crippen molar-refractivity contribution in [2.75, 3.05) is 17.6 Å². The first kappa shape index (κ1) is 33.8. The van der Waals surface area contributed by atoms with Crippen molar-refractivity contribution in [3.05, 3.63) is 69.8 Å². The van der Waals surface area contributed by atoms with Crippen LogP contribution in [0.5, 0.6) is 0 Å². The highest BCUT2D eigenvalue weighted by atomic mass is 35.5. The van der Waals surface area contributed by atoms with Crippen LogP contribution in [0.2, 0.25) is 10.0 Å². The van der Waals surface area contributed by atoms with Crippen molar-refractivity contribution >= 4 is 46.9 Å². The quantitative estimate of drug-likeness (QED) is 0.206. The van der Waals surface area contributed by atoms with Crippen LogP contribution in [0.25, 0.3) is 11.3 Å². The molecule has 0 spiro atoms. The van der Waals surface area contributed by atoms with Crippen molar-refractivity contribution in [2.24, 2.45) is 0 Å². The Morgan fingerprint density at radius 1 is 1.02 bits per heavy atom. The smallest absolute Gasteiger partial charge is 0.411 e. The van der Waals surface area contributed by atoms with E-state index in [4.69, 9.17) is 38.4 Å². The predicted octanol–water partition coefficient (Wildman–Crippen LogP) is 6.99. The number of carbonyl (C=O) groups excluding carboxylic acids is 2. The summed E-state index contributed by atoms with van der Waals surface area (Å²) in [7, 11) is 0. The van der Waals surface area contributed by atoms with Gasteiger partial charge >= 0.3 is 12.1 Å². The lowest BCUT2D eigenvalue weighted by molar-refractivity contribution is -0.156. The van der Waals surface area contributed by atoms with E-state index >= 15 is 0 Å². The van der Waals surface area contributed by atoms with Gasteiger partial charge in [-0.1, -0.05) is 53.5 Å². The van der Waals surface area contributed by atoms with Crippen LogP contribution in [0.3, 0.4) is 0 Å². The van der Waals surface area contributed by atoms with Gasteiger partial charge in [-0.05, 0) is 77.0 Å². The van der Waals surface area contributed by atoms with Gasteiger partial charge in [0.25, 0.3) is 0 Å². The standard InChI is InChI=1S/C34H42Cl2N6O4/c1-34(2,3)46-33(44)42-16-15-23(17-29(42)32(43)45-24-7-4-5-8-24)38-18-21-11-13-22(14-12-21)28-20-39-30(37)31(41-28)40-19-25-26(35)9-6-10-27(25)36/h6,9-14,20,23-24,29,38H,4-5,7-8,15-19H2,1-3H3,(H2,37,39)(H,40,41). The topological polar surface area (TPSA) is 132 Å². The highest BCUT2D eigenvalue weighted by Crippen LogP contribution is 2.28. The third-order valence-electron chi connectivity index (χ3n) is 8.23. The summed E-state index contributed by atoms with van der Waals surface area (Å²) in [6.07, 6.45) is 6.11. The number of esters is 1. The first-order valence-corrected chi connectivity index (χ1v) is 16.5. The van der Waals surface area contributed by atoms with Crippen LogP contribution in [0, 0.1) is 0 Å². The number of nitrogens with two attached hydrogens (primary N) is 1. The van der Waals surface area contributed by atoms with E-state index in [1.54, 1.807) is 24.4 Å². The fourth-order valence-corrected chi connectivity index (χ4v) is 6.29. The minimum atomic E-state index is -0.690. The van der Waals surface area contributed by atoms with Crippen molar-refractivity contribution in [3.63, 3.8) is 0 Å². The van der Waals surface area contributed by atoms with Gasteiger partial charge in [-0.3, -0.25) is 4.90 Å². The molecule has 46 heavy (non-hydrogen) atoms. The van der Waals surface area contributed by atoms with Crippen LogP contribution in [-0.4, -0.2) is 57.3 Å². The number of anilines is 2. The van der Waals surface area contributed by atoms with Crippen molar-refractivity contribution in [1.82, 2.24) is 20.2 Å². The molecule has 1 saturated heterocycles. The number of ether oxygens (including phenoxy) is 2. The second-order valence-electron chi connectivity index (χ2n) is 12.9. The van der Waals surface area contributed by atoms with Gasteiger partial charge in [-0.2, -0.15) is 0 Å². The summed E-state index contributed by atoms with van der Waals surface area (Å²) in [6.45, 7) is 6.83. The minimum Gasteiger partial charge on any atom is -0.461 e. The molecule has 2 fully saturated rings. The van der Waals surface area contributed by atoms with Gasteiger partial charge in [0.05, 0.1) is 11.9 Å². The summed E-state index contributed by atoms with van der Waals surface area (Å²) < 4.78 is 11.5. The predicted molar refractivity (Wildman–Crippen MR) is 181 cm³/mol. The maximum atomic E-state index is 13.3. The molecule has 3 aromatic rings. The Balaban J connectivity index is 1.20. The number of rotatable bonds is 9. The van der Waals surface area contributed by atoms with E-state index in [-0.39, 0.29) is 23.9 Å². The average molecular weight is 670 g/mol. The Morgan fingerprint density at radius 3 is 2.39 bits per heavy atom. The maximum absolute atomic E-state index is 13.3. The van der Waals surface area contributed by atoms with Gasteiger partial charge in [-0.25, -0.2) is 19.6 Å². The van der Waals surface area contributed by atoms with Gasteiger partial charge in [0.15, 0.2) is 11.6 Å². The third kappa shape index (κ3) is 8.80. The number of amides is 1. The van der Waals surface area contributed by atoms with Crippen LogP contribution in [0.1, 0.15) is 70.4 Å². The first-order chi connectivity index (χ1) is 22.0. The molecule has 1 saturated carbocycles. The molecule has 12 heteroatoms. The van der Waals surface area contributed by atoms with Crippen molar-refractivity contribution in [1.29, 1.82) is 0 Å². The van der Waals surface area contributed by atoms with E-state index in [2.05, 4.69) is 20.6 Å². The fourth-order valence-electron chi connectivity index (χ4n) is 5.76. The van der Waals surface area contributed by atoms with Crippen molar-refractivity contribution in [2.45, 2.75) is 96.2 Å². The van der Waals surface area contributed by atoms with Crippen LogP contribution < -0.4 is 16.4 Å². The fraction of sp³-hybridized carbons (Fsp3) is 0.471. The van der Waals surface area contributed by atoms with Crippen LogP contribution in [0.4, 0.5) is 16.4 Å². The van der Waals surface area contributed by atoms with Crippen LogP contribution in [0.15, 0.2) is 48.7 Å². The lowest BCUT2D eigenvalue weighted by Gasteiger charge is -2.39. The van der Waals surface area contributed by atoms with E-state index in [0.717, 1.165) is 42.4 Å². The molecule has 2 aliphatic rings. The molecule has 2 atom stereocenters. The summed E-state index contributed by atoms with van der Waals surface area (Å²) in [5.74, 6) is 0.371. The van der Waals surface area contributed by atoms with Gasteiger partial charge in [0.2, 0.25) is 0 Å². The minimum absolute atomic E-state index is 0.0303. The van der Waals surface area contributed by atoms with E-state index in [1.165, 1.54) is 4.90 Å². The number of nitrogens with one attached hydrogen (secondary N) is 2. The zero-order chi connectivity index (χ0) is 32.8. The van der Waals surface area contributed by atoms with Gasteiger partial charge in [0, 0.05) is 46.8 Å². The number of hydrogen-bond acceptors (Lipinski definition) is 9. The average Bonchev–Trinajstić information content (AvgIpc) is 3.53.